The summed E-state index contributed by atoms with van der Waals surface area (Å²) < 4.78 is 28.3. The number of imidazole rings is 1. The first-order valence-corrected chi connectivity index (χ1v) is 8.67. The molecule has 2 saturated carbocycles. The fourth-order valence-corrected chi connectivity index (χ4v) is 4.18. The van der Waals surface area contributed by atoms with Gasteiger partial charge in [-0.15, -0.1) is 0 Å². The molecule has 0 N–H and O–H groups in total. The van der Waals surface area contributed by atoms with E-state index in [2.05, 4.69) is 20.7 Å². The maximum atomic E-state index is 13.2. The highest BCUT2D eigenvalue weighted by Crippen LogP contribution is 2.54. The number of carbonyl (C=O) groups is 1. The number of rotatable bonds is 3. The summed E-state index contributed by atoms with van der Waals surface area (Å²) in [7, 11) is 0. The minimum Gasteiger partial charge on any atom is -0.337 e. The van der Waals surface area contributed by atoms with E-state index in [-0.39, 0.29) is 16.9 Å². The van der Waals surface area contributed by atoms with E-state index in [0.29, 0.717) is 25.0 Å². The van der Waals surface area contributed by atoms with E-state index in [1.165, 1.54) is 18.5 Å². The average molecular weight is 344 g/mol. The molecule has 3 heterocycles. The molecule has 7 heteroatoms. The second-order valence-electron chi connectivity index (χ2n) is 7.74. The topological polar surface area (TPSA) is 51.0 Å². The van der Waals surface area contributed by atoms with Crippen LogP contribution in [0.4, 0.5) is 8.78 Å². The van der Waals surface area contributed by atoms with Crippen LogP contribution in [0, 0.1) is 17.2 Å². The van der Waals surface area contributed by atoms with Gasteiger partial charge in [0.15, 0.2) is 5.82 Å². The molecule has 3 fully saturated rings. The molecule has 1 amide bonds. The lowest BCUT2D eigenvalue weighted by Gasteiger charge is -2.59. The molecular weight excluding hydrogens is 326 g/mol. The number of carbonyl (C=O) groups excluding carboxylic acids is 1. The van der Waals surface area contributed by atoms with Gasteiger partial charge < -0.3 is 9.47 Å². The Bertz CT molecular complexity index is 847. The van der Waals surface area contributed by atoms with Gasteiger partial charge >= 0.3 is 0 Å². The predicted molar refractivity (Wildman–Crippen MR) is 85.0 cm³/mol. The van der Waals surface area contributed by atoms with E-state index < -0.39 is 11.8 Å². The molecule has 5 rings (SSSR count). The number of halogens is 2. The Morgan fingerprint density at radius 2 is 1.96 bits per heavy atom. The standard InChI is InChI=1S/C18H18F2N4O/c19-14-3-12(6-21-16(14)20)17(25)24-8-18(9-24)4-13(5-18)23-7-15(22-10-23)11-1-2-11/h3,6-7,10-11,13H,1-2,4-5,8-9H2. The quantitative estimate of drug-likeness (QED) is 0.805. The Morgan fingerprint density at radius 3 is 2.64 bits per heavy atom. The van der Waals surface area contributed by atoms with E-state index in [1.807, 2.05) is 6.33 Å². The van der Waals surface area contributed by atoms with Crippen LogP contribution in [0.5, 0.6) is 0 Å². The van der Waals surface area contributed by atoms with Gasteiger partial charge in [-0.05, 0) is 31.7 Å². The third-order valence-electron chi connectivity index (χ3n) is 5.76. The summed E-state index contributed by atoms with van der Waals surface area (Å²) >= 11 is 0. The van der Waals surface area contributed by atoms with Crippen LogP contribution in [-0.2, 0) is 0 Å². The van der Waals surface area contributed by atoms with Crippen LogP contribution in [-0.4, -0.2) is 38.4 Å². The highest BCUT2D eigenvalue weighted by molar-refractivity contribution is 5.94. The molecule has 2 aliphatic carbocycles. The lowest BCUT2D eigenvalue weighted by molar-refractivity contribution is -0.0711. The van der Waals surface area contributed by atoms with Crippen molar-refractivity contribution in [1.82, 2.24) is 19.4 Å². The van der Waals surface area contributed by atoms with Gasteiger partial charge in [-0.1, -0.05) is 0 Å². The minimum atomic E-state index is -1.18. The number of aromatic nitrogens is 3. The van der Waals surface area contributed by atoms with Crippen molar-refractivity contribution in [2.75, 3.05) is 13.1 Å². The SMILES string of the molecule is O=C(c1cnc(F)c(F)c1)N1CC2(CC(n3cnc(C4CC4)c3)C2)C1. The van der Waals surface area contributed by atoms with Crippen LogP contribution in [0.25, 0.3) is 0 Å². The number of nitrogens with zero attached hydrogens (tertiary/aromatic N) is 4. The van der Waals surface area contributed by atoms with Crippen molar-refractivity contribution in [1.29, 1.82) is 0 Å². The summed E-state index contributed by atoms with van der Waals surface area (Å²) in [6.45, 7) is 1.34. The zero-order chi connectivity index (χ0) is 17.2. The summed E-state index contributed by atoms with van der Waals surface area (Å²) in [4.78, 5) is 21.8. The Kier molecular flexibility index (Phi) is 3.05. The zero-order valence-electron chi connectivity index (χ0n) is 13.7. The molecule has 1 aliphatic heterocycles. The van der Waals surface area contributed by atoms with Gasteiger partial charge in [0.1, 0.15) is 0 Å². The lowest BCUT2D eigenvalue weighted by atomic mass is 9.60. The summed E-state index contributed by atoms with van der Waals surface area (Å²) in [5.41, 5.74) is 1.49. The number of hydrogen-bond donors (Lipinski definition) is 0. The number of amides is 1. The molecule has 0 aromatic carbocycles. The molecule has 3 aliphatic rings. The minimum absolute atomic E-state index is 0.105. The van der Waals surface area contributed by atoms with Crippen LogP contribution in [0.15, 0.2) is 24.8 Å². The molecule has 0 atom stereocenters. The highest BCUT2D eigenvalue weighted by Gasteiger charge is 2.54. The molecule has 5 nitrogen and oxygen atoms in total. The van der Waals surface area contributed by atoms with Gasteiger partial charge in [0.05, 0.1) is 17.6 Å². The van der Waals surface area contributed by atoms with Gasteiger partial charge in [-0.3, -0.25) is 4.79 Å². The zero-order valence-corrected chi connectivity index (χ0v) is 13.7. The maximum Gasteiger partial charge on any atom is 0.255 e. The summed E-state index contributed by atoms with van der Waals surface area (Å²) in [6.07, 6.45) is 9.77. The first-order valence-electron chi connectivity index (χ1n) is 8.67. The van der Waals surface area contributed by atoms with Gasteiger partial charge in [0.25, 0.3) is 5.91 Å². The van der Waals surface area contributed by atoms with Crippen molar-refractivity contribution in [3.63, 3.8) is 0 Å². The van der Waals surface area contributed by atoms with E-state index in [1.54, 1.807) is 4.90 Å². The molecule has 0 radical (unpaired) electrons. The highest BCUT2D eigenvalue weighted by atomic mass is 19.2. The van der Waals surface area contributed by atoms with Crippen LogP contribution in [0.3, 0.4) is 0 Å². The molecule has 130 valence electrons. The largest absolute Gasteiger partial charge is 0.337 e. The Hall–Kier alpha value is -2.31. The van der Waals surface area contributed by atoms with Crippen molar-refractivity contribution in [2.45, 2.75) is 37.6 Å². The first kappa shape index (κ1) is 15.0. The smallest absolute Gasteiger partial charge is 0.255 e. The van der Waals surface area contributed by atoms with Gasteiger partial charge in [0, 0.05) is 42.9 Å². The van der Waals surface area contributed by atoms with Crippen molar-refractivity contribution >= 4 is 5.91 Å². The first-order chi connectivity index (χ1) is 12.0. The van der Waals surface area contributed by atoms with E-state index in [9.17, 15) is 13.6 Å². The Labute approximate surface area is 143 Å². The van der Waals surface area contributed by atoms with Crippen molar-refractivity contribution in [3.8, 4) is 0 Å². The molecule has 25 heavy (non-hydrogen) atoms. The van der Waals surface area contributed by atoms with E-state index >= 15 is 0 Å². The lowest BCUT2D eigenvalue weighted by Crippen LogP contribution is -2.63. The van der Waals surface area contributed by atoms with Crippen LogP contribution in [0.1, 0.15) is 53.7 Å². The molecule has 2 aromatic heterocycles. The van der Waals surface area contributed by atoms with Gasteiger partial charge in [-0.25, -0.2) is 14.4 Å². The number of hydrogen-bond acceptors (Lipinski definition) is 3. The molecule has 0 unspecified atom stereocenters. The Morgan fingerprint density at radius 1 is 1.20 bits per heavy atom. The van der Waals surface area contributed by atoms with Crippen molar-refractivity contribution in [3.05, 3.63) is 47.8 Å². The van der Waals surface area contributed by atoms with Gasteiger partial charge in [0.2, 0.25) is 5.95 Å². The third-order valence-corrected chi connectivity index (χ3v) is 5.76. The summed E-state index contributed by atoms with van der Waals surface area (Å²) in [5, 5.41) is 0. The molecule has 0 bridgehead atoms. The van der Waals surface area contributed by atoms with Crippen molar-refractivity contribution in [2.24, 2.45) is 5.41 Å². The van der Waals surface area contributed by atoms with Crippen LogP contribution < -0.4 is 0 Å². The van der Waals surface area contributed by atoms with Crippen LogP contribution >= 0.6 is 0 Å². The van der Waals surface area contributed by atoms with E-state index in [0.717, 1.165) is 25.1 Å². The molecular formula is C18H18F2N4O. The van der Waals surface area contributed by atoms with E-state index in [4.69, 9.17) is 0 Å². The monoisotopic (exact) mass is 344 g/mol. The fourth-order valence-electron chi connectivity index (χ4n) is 4.18. The number of pyridine rings is 1. The Balaban J connectivity index is 1.19. The third kappa shape index (κ3) is 2.44. The molecule has 1 spiro atoms. The normalized spacial score (nSPS) is 21.9. The molecule has 2 aromatic rings. The number of likely N-dealkylation sites (tertiary alicyclic amines) is 1. The summed E-state index contributed by atoms with van der Waals surface area (Å²) in [5.74, 6) is -1.88. The fraction of sp³-hybridized carbons (Fsp3) is 0.500. The molecule has 1 saturated heterocycles. The predicted octanol–water partition coefficient (Wildman–Crippen LogP) is 2.91. The maximum absolute atomic E-state index is 13.2. The summed E-state index contributed by atoms with van der Waals surface area (Å²) in [6, 6.07) is 1.38. The second-order valence-corrected chi connectivity index (χ2v) is 7.74. The van der Waals surface area contributed by atoms with Crippen molar-refractivity contribution < 1.29 is 13.6 Å². The van der Waals surface area contributed by atoms with Gasteiger partial charge in [-0.2, -0.15) is 4.39 Å². The second kappa shape index (κ2) is 5.09. The average Bonchev–Trinajstić information content (AvgIpc) is 3.26. The van der Waals surface area contributed by atoms with Crippen LogP contribution in [0.2, 0.25) is 0 Å².